The van der Waals surface area contributed by atoms with Gasteiger partial charge in [0.1, 0.15) is 5.69 Å². The summed E-state index contributed by atoms with van der Waals surface area (Å²) in [4.78, 5) is 10.5. The maximum absolute atomic E-state index is 10.5. The monoisotopic (exact) mass is 229 g/mol. The maximum atomic E-state index is 10.5. The lowest BCUT2D eigenvalue weighted by atomic mass is 10.2. The van der Waals surface area contributed by atoms with Crippen LogP contribution in [0.1, 0.15) is 10.5 Å². The predicted octanol–water partition coefficient (Wildman–Crippen LogP) is 2.29. The standard InChI is InChI=1S/C11H7N3OS/c15-6-8-5-14(13-12-8)10-7-16-11-4-2-1-3-9(10)11/h1-7H. The number of benzene rings is 1. The number of thiophene rings is 1. The normalized spacial score (nSPS) is 10.8. The van der Waals surface area contributed by atoms with Gasteiger partial charge in [-0.3, -0.25) is 4.79 Å². The SMILES string of the molecule is O=Cc1cn(-c2csc3ccccc23)nn1. The molecule has 2 heterocycles. The van der Waals surface area contributed by atoms with Crippen molar-refractivity contribution in [3.63, 3.8) is 0 Å². The van der Waals surface area contributed by atoms with Gasteiger partial charge in [-0.25, -0.2) is 4.68 Å². The Bertz CT molecular complexity index is 656. The summed E-state index contributed by atoms with van der Waals surface area (Å²) >= 11 is 1.65. The van der Waals surface area contributed by atoms with Gasteiger partial charge in [0.05, 0.1) is 11.9 Å². The van der Waals surface area contributed by atoms with Crippen molar-refractivity contribution in [2.45, 2.75) is 0 Å². The summed E-state index contributed by atoms with van der Waals surface area (Å²) in [7, 11) is 0. The van der Waals surface area contributed by atoms with Crippen molar-refractivity contribution in [3.05, 3.63) is 41.5 Å². The number of hydrogen-bond acceptors (Lipinski definition) is 4. The number of aromatic nitrogens is 3. The molecule has 0 amide bonds. The van der Waals surface area contributed by atoms with Crippen LogP contribution in [-0.4, -0.2) is 21.3 Å². The fourth-order valence-corrected chi connectivity index (χ4v) is 2.52. The van der Waals surface area contributed by atoms with E-state index in [2.05, 4.69) is 16.4 Å². The van der Waals surface area contributed by atoms with Gasteiger partial charge in [0.25, 0.3) is 0 Å². The largest absolute Gasteiger partial charge is 0.296 e. The lowest BCUT2D eigenvalue weighted by molar-refractivity contribution is 0.111. The van der Waals surface area contributed by atoms with Crippen molar-refractivity contribution in [2.24, 2.45) is 0 Å². The molecule has 3 aromatic rings. The molecular formula is C11H7N3OS. The summed E-state index contributed by atoms with van der Waals surface area (Å²) in [5.41, 5.74) is 1.30. The molecule has 0 atom stereocenters. The molecule has 0 radical (unpaired) electrons. The van der Waals surface area contributed by atoms with Gasteiger partial charge in [0.15, 0.2) is 6.29 Å². The molecule has 0 fully saturated rings. The predicted molar refractivity (Wildman–Crippen MR) is 62.1 cm³/mol. The van der Waals surface area contributed by atoms with Crippen LogP contribution in [0, 0.1) is 0 Å². The molecule has 16 heavy (non-hydrogen) atoms. The highest BCUT2D eigenvalue weighted by Crippen LogP contribution is 2.27. The number of hydrogen-bond donors (Lipinski definition) is 0. The average Bonchev–Trinajstić information content (AvgIpc) is 2.94. The first-order valence-electron chi connectivity index (χ1n) is 4.72. The zero-order valence-electron chi connectivity index (χ0n) is 8.20. The lowest BCUT2D eigenvalue weighted by Crippen LogP contribution is -1.92. The fourth-order valence-electron chi connectivity index (χ4n) is 1.59. The Morgan fingerprint density at radius 1 is 1.31 bits per heavy atom. The Balaban J connectivity index is 2.21. The molecule has 2 aromatic heterocycles. The molecular weight excluding hydrogens is 222 g/mol. The highest BCUT2D eigenvalue weighted by atomic mass is 32.1. The number of aldehydes is 1. The Hall–Kier alpha value is -2.01. The quantitative estimate of drug-likeness (QED) is 0.633. The molecule has 4 nitrogen and oxygen atoms in total. The van der Waals surface area contributed by atoms with Crippen molar-refractivity contribution < 1.29 is 4.79 Å². The molecule has 0 saturated carbocycles. The molecule has 0 aliphatic heterocycles. The summed E-state index contributed by atoms with van der Waals surface area (Å²) in [5, 5.41) is 10.8. The zero-order valence-corrected chi connectivity index (χ0v) is 9.02. The van der Waals surface area contributed by atoms with Crippen molar-refractivity contribution in [3.8, 4) is 5.69 Å². The van der Waals surface area contributed by atoms with Gasteiger partial charge in [0, 0.05) is 15.5 Å². The van der Waals surface area contributed by atoms with E-state index in [1.165, 1.54) is 4.70 Å². The molecule has 1 aromatic carbocycles. The highest BCUT2D eigenvalue weighted by molar-refractivity contribution is 7.17. The first-order valence-corrected chi connectivity index (χ1v) is 5.60. The summed E-state index contributed by atoms with van der Waals surface area (Å²) in [6, 6.07) is 8.07. The van der Waals surface area contributed by atoms with Gasteiger partial charge >= 0.3 is 0 Å². The van der Waals surface area contributed by atoms with Gasteiger partial charge in [-0.05, 0) is 6.07 Å². The number of fused-ring (bicyclic) bond motifs is 1. The molecule has 0 spiro atoms. The van der Waals surface area contributed by atoms with E-state index < -0.39 is 0 Å². The Labute approximate surface area is 95.1 Å². The fraction of sp³-hybridized carbons (Fsp3) is 0. The summed E-state index contributed by atoms with van der Waals surface area (Å²) < 4.78 is 2.82. The van der Waals surface area contributed by atoms with E-state index in [4.69, 9.17) is 0 Å². The number of carbonyl (C=O) groups excluding carboxylic acids is 1. The first-order chi connectivity index (χ1) is 7.88. The van der Waals surface area contributed by atoms with Gasteiger partial charge in [-0.2, -0.15) is 0 Å². The minimum atomic E-state index is 0.343. The van der Waals surface area contributed by atoms with Crippen molar-refractivity contribution in [2.75, 3.05) is 0 Å². The van der Waals surface area contributed by atoms with Crippen LogP contribution in [0.4, 0.5) is 0 Å². The van der Waals surface area contributed by atoms with Crippen molar-refractivity contribution in [1.29, 1.82) is 0 Å². The van der Waals surface area contributed by atoms with Crippen LogP contribution in [0.5, 0.6) is 0 Å². The molecule has 0 aliphatic rings. The number of carbonyl (C=O) groups is 1. The van der Waals surface area contributed by atoms with Crippen molar-refractivity contribution in [1.82, 2.24) is 15.0 Å². The maximum Gasteiger partial charge on any atom is 0.171 e. The van der Waals surface area contributed by atoms with E-state index in [0.717, 1.165) is 11.1 Å². The van der Waals surface area contributed by atoms with E-state index in [0.29, 0.717) is 12.0 Å². The lowest BCUT2D eigenvalue weighted by Gasteiger charge is -1.96. The van der Waals surface area contributed by atoms with Gasteiger partial charge in [0.2, 0.25) is 0 Å². The van der Waals surface area contributed by atoms with Crippen LogP contribution in [0.15, 0.2) is 35.8 Å². The molecule has 0 aliphatic carbocycles. The van der Waals surface area contributed by atoms with Gasteiger partial charge in [-0.15, -0.1) is 16.4 Å². The first kappa shape index (κ1) is 9.23. The van der Waals surface area contributed by atoms with Crippen LogP contribution in [-0.2, 0) is 0 Å². The summed E-state index contributed by atoms with van der Waals surface area (Å²) in [5.74, 6) is 0. The molecule has 0 saturated heterocycles. The second-order valence-corrected chi connectivity index (χ2v) is 4.23. The van der Waals surface area contributed by atoms with E-state index in [-0.39, 0.29) is 0 Å². The number of nitrogens with zero attached hydrogens (tertiary/aromatic N) is 3. The molecule has 78 valence electrons. The second-order valence-electron chi connectivity index (χ2n) is 3.32. The molecule has 5 heteroatoms. The third-order valence-corrected chi connectivity index (χ3v) is 3.29. The van der Waals surface area contributed by atoms with Gasteiger partial charge in [-0.1, -0.05) is 23.4 Å². The highest BCUT2D eigenvalue weighted by Gasteiger charge is 2.07. The van der Waals surface area contributed by atoms with Crippen LogP contribution in [0.2, 0.25) is 0 Å². The second kappa shape index (κ2) is 3.53. The minimum absolute atomic E-state index is 0.343. The van der Waals surface area contributed by atoms with E-state index in [9.17, 15) is 4.79 Å². The van der Waals surface area contributed by atoms with Crippen LogP contribution < -0.4 is 0 Å². The zero-order chi connectivity index (χ0) is 11.0. The topological polar surface area (TPSA) is 47.8 Å². The Kier molecular flexibility index (Phi) is 2.04. The van der Waals surface area contributed by atoms with Crippen molar-refractivity contribution >= 4 is 27.7 Å². The van der Waals surface area contributed by atoms with E-state index in [1.807, 2.05) is 23.6 Å². The molecule has 0 unspecified atom stereocenters. The van der Waals surface area contributed by atoms with Crippen LogP contribution in [0.25, 0.3) is 15.8 Å². The van der Waals surface area contributed by atoms with E-state index in [1.54, 1.807) is 22.2 Å². The summed E-state index contributed by atoms with van der Waals surface area (Å²) in [6.07, 6.45) is 2.32. The third-order valence-electron chi connectivity index (χ3n) is 2.34. The van der Waals surface area contributed by atoms with Gasteiger partial charge < -0.3 is 0 Å². The average molecular weight is 229 g/mol. The third kappa shape index (κ3) is 1.33. The molecule has 3 rings (SSSR count). The van der Waals surface area contributed by atoms with Crippen LogP contribution in [0.3, 0.4) is 0 Å². The molecule has 0 N–H and O–H groups in total. The number of rotatable bonds is 2. The molecule has 0 bridgehead atoms. The summed E-state index contributed by atoms with van der Waals surface area (Å²) in [6.45, 7) is 0. The smallest absolute Gasteiger partial charge is 0.171 e. The Morgan fingerprint density at radius 2 is 2.19 bits per heavy atom. The Morgan fingerprint density at radius 3 is 3.00 bits per heavy atom. The van der Waals surface area contributed by atoms with Crippen LogP contribution >= 0.6 is 11.3 Å². The minimum Gasteiger partial charge on any atom is -0.296 e. The van der Waals surface area contributed by atoms with E-state index >= 15 is 0 Å².